The van der Waals surface area contributed by atoms with Gasteiger partial charge in [0.05, 0.1) is 18.5 Å². The second-order valence-corrected chi connectivity index (χ2v) is 26.4. The van der Waals surface area contributed by atoms with E-state index in [1.165, 1.54) is 110 Å². The normalized spacial score (nSPS) is 27.1. The topological polar surface area (TPSA) is 62.6 Å². The molecule has 0 atom stereocenters. The number of pyridine rings is 1. The zero-order valence-corrected chi connectivity index (χ0v) is 49.4. The molecule has 0 saturated heterocycles. The van der Waals surface area contributed by atoms with E-state index >= 15 is 0 Å². The standard InChI is InChI=1S/C64H79NO3.2CH3.Hf/c1-36(2)44-12-14-49(53-24-46(61(5,6)7)26-55(59(53)66)63-30-38-16-39(31-63)18-40(17-38)32-63)51(22-44)57-28-48(68-11)29-58(65-57)52-23-45(37(3)4)13-15-50(52)54-25-47(62(8,9)10)27-56(60(54)67)64-33-41-19-42(34-64)21-43(20-41)35-64;;;/h12-15,22-29,36-43,66-67H,16-21,30-35H2,1-11H3;2*1H3;/q;2*-1;. The second-order valence-electron chi connectivity index (χ2n) is 26.4. The maximum absolute atomic E-state index is 12.9. The van der Waals surface area contributed by atoms with Crippen LogP contribution in [0.25, 0.3) is 44.8 Å². The molecule has 2 N–H and O–H groups in total. The number of hydrogen-bond acceptors (Lipinski definition) is 4. The van der Waals surface area contributed by atoms with Crippen molar-refractivity contribution in [2.45, 2.75) is 180 Å². The summed E-state index contributed by atoms with van der Waals surface area (Å²) in [5.41, 5.74) is 14.6. The molecule has 0 unspecified atom stereocenters. The number of benzene rings is 4. The fraction of sp³-hybridized carbons (Fsp3) is 0.530. The SMILES string of the molecule is COc1cc(-c2cc(C(C)C)ccc2-c2cc(C(C)(C)C)cc(C34CC5CC(CC(C5)C3)C4)c2O)nc(-c2cc(C(C)C)ccc2-c2cc(C(C)(C)C)cc(C34CC5CC(CC(C5)C3)C4)c2O)c1.[CH3-].[CH3-].[Hf]. The summed E-state index contributed by atoms with van der Waals surface area (Å²) in [6.07, 6.45) is 15.3. The maximum atomic E-state index is 12.9. The van der Waals surface area contributed by atoms with Crippen LogP contribution in [0.3, 0.4) is 0 Å². The predicted octanol–water partition coefficient (Wildman–Crippen LogP) is 17.8. The maximum Gasteiger partial charge on any atom is 0.127 e. The number of phenols is 2. The molecule has 4 nitrogen and oxygen atoms in total. The van der Waals surface area contributed by atoms with E-state index in [4.69, 9.17) is 9.72 Å². The summed E-state index contributed by atoms with van der Waals surface area (Å²) < 4.78 is 6.24. The summed E-state index contributed by atoms with van der Waals surface area (Å²) in [6.45, 7) is 22.9. The largest absolute Gasteiger partial charge is 0.507 e. The number of ether oxygens (including phenoxy) is 1. The van der Waals surface area contributed by atoms with Gasteiger partial charge in [0.25, 0.3) is 0 Å². The number of hydrogen-bond donors (Lipinski definition) is 2. The van der Waals surface area contributed by atoms with Crippen molar-refractivity contribution in [3.05, 3.63) is 121 Å². The fourth-order valence-corrected chi connectivity index (χ4v) is 15.9. The minimum atomic E-state index is -0.109. The van der Waals surface area contributed by atoms with Crippen LogP contribution in [0.2, 0.25) is 0 Å². The van der Waals surface area contributed by atoms with Crippen LogP contribution in [-0.2, 0) is 47.5 Å². The van der Waals surface area contributed by atoms with E-state index in [2.05, 4.69) is 142 Å². The van der Waals surface area contributed by atoms with E-state index < -0.39 is 0 Å². The van der Waals surface area contributed by atoms with Gasteiger partial charge in [-0.1, -0.05) is 106 Å². The van der Waals surface area contributed by atoms with Crippen molar-refractivity contribution in [2.24, 2.45) is 35.5 Å². The molecule has 1 aromatic heterocycles. The third-order valence-corrected chi connectivity index (χ3v) is 18.8. The Morgan fingerprint density at radius 1 is 0.479 bits per heavy atom. The van der Waals surface area contributed by atoms with Gasteiger partial charge in [-0.3, -0.25) is 0 Å². The first-order chi connectivity index (χ1) is 32.2. The molecule has 0 aliphatic heterocycles. The van der Waals surface area contributed by atoms with Gasteiger partial charge in [0.1, 0.15) is 17.2 Å². The molecule has 5 aromatic rings. The Morgan fingerprint density at radius 3 is 1.08 bits per heavy atom. The van der Waals surface area contributed by atoms with Crippen LogP contribution in [0.5, 0.6) is 17.2 Å². The minimum absolute atomic E-state index is 0. The van der Waals surface area contributed by atoms with Gasteiger partial charge in [0.15, 0.2) is 0 Å². The molecular weight excluding hydrogens is 1030 g/mol. The Bertz CT molecular complexity index is 2540. The number of rotatable bonds is 9. The molecule has 378 valence electrons. The van der Waals surface area contributed by atoms with E-state index in [1.807, 2.05) is 0 Å². The smallest absolute Gasteiger partial charge is 0.127 e. The number of methoxy groups -OCH3 is 1. The first kappa shape index (κ1) is 53.6. The molecule has 1 heterocycles. The Morgan fingerprint density at radius 2 is 0.803 bits per heavy atom. The summed E-state index contributed by atoms with van der Waals surface area (Å²) in [7, 11) is 1.76. The Hall–Kier alpha value is -3.70. The van der Waals surface area contributed by atoms with E-state index in [9.17, 15) is 10.2 Å². The molecule has 0 amide bonds. The van der Waals surface area contributed by atoms with Gasteiger partial charge in [0.2, 0.25) is 0 Å². The van der Waals surface area contributed by atoms with Crippen LogP contribution in [0.4, 0.5) is 0 Å². The van der Waals surface area contributed by atoms with Crippen LogP contribution >= 0.6 is 0 Å². The molecule has 8 saturated carbocycles. The second kappa shape index (κ2) is 19.2. The van der Waals surface area contributed by atoms with Crippen molar-refractivity contribution in [2.75, 3.05) is 7.11 Å². The predicted molar refractivity (Wildman–Crippen MR) is 294 cm³/mol. The summed E-state index contributed by atoms with van der Waals surface area (Å²) in [5, 5.41) is 25.9. The number of aromatic nitrogens is 1. The van der Waals surface area contributed by atoms with E-state index in [0.29, 0.717) is 23.3 Å². The van der Waals surface area contributed by atoms with Gasteiger partial charge < -0.3 is 29.8 Å². The molecule has 71 heavy (non-hydrogen) atoms. The van der Waals surface area contributed by atoms with Gasteiger partial charge in [-0.25, -0.2) is 4.98 Å². The molecule has 4 aromatic carbocycles. The van der Waals surface area contributed by atoms with Crippen LogP contribution in [0.15, 0.2) is 72.8 Å². The third kappa shape index (κ3) is 9.45. The molecule has 8 fully saturated rings. The molecular formula is C66H85HfNO3-2. The van der Waals surface area contributed by atoms with Crippen LogP contribution < -0.4 is 4.74 Å². The summed E-state index contributed by atoms with van der Waals surface area (Å²) in [6, 6.07) is 27.2. The molecule has 5 heteroatoms. The average Bonchev–Trinajstić information content (AvgIpc) is 3.27. The monoisotopic (exact) mass is 1120 g/mol. The van der Waals surface area contributed by atoms with Crippen LogP contribution in [0.1, 0.15) is 192 Å². The molecule has 13 rings (SSSR count). The van der Waals surface area contributed by atoms with E-state index in [1.54, 1.807) is 7.11 Å². The van der Waals surface area contributed by atoms with Crippen molar-refractivity contribution >= 4 is 0 Å². The first-order valence-corrected chi connectivity index (χ1v) is 26.8. The summed E-state index contributed by atoms with van der Waals surface area (Å²) >= 11 is 0. The Labute approximate surface area is 448 Å². The molecule has 0 radical (unpaired) electrons. The van der Waals surface area contributed by atoms with Gasteiger partial charge in [-0.15, -0.1) is 0 Å². The van der Waals surface area contributed by atoms with Gasteiger partial charge in [0, 0.05) is 71.4 Å². The van der Waals surface area contributed by atoms with Gasteiger partial charge in [-0.2, -0.15) is 0 Å². The van der Waals surface area contributed by atoms with E-state index in [0.717, 1.165) is 86.0 Å². The Balaban J connectivity index is 0.00000225. The number of phenolic OH excluding ortho intramolecular Hbond substituents is 2. The van der Waals surface area contributed by atoms with Crippen molar-refractivity contribution in [1.29, 1.82) is 0 Å². The van der Waals surface area contributed by atoms with Crippen molar-refractivity contribution in [1.82, 2.24) is 4.98 Å². The van der Waals surface area contributed by atoms with Gasteiger partial charge in [-0.05, 0) is 204 Å². The first-order valence-electron chi connectivity index (χ1n) is 26.8. The number of aromatic hydroxyl groups is 2. The van der Waals surface area contributed by atoms with Crippen molar-refractivity contribution in [3.63, 3.8) is 0 Å². The average molecular weight is 1120 g/mol. The zero-order valence-electron chi connectivity index (χ0n) is 45.8. The summed E-state index contributed by atoms with van der Waals surface area (Å²) in [4.78, 5) is 5.71. The molecule has 8 aliphatic rings. The molecule has 0 spiro atoms. The number of nitrogens with zero attached hydrogens (tertiary/aromatic N) is 1. The Kier molecular flexibility index (Phi) is 14.5. The van der Waals surface area contributed by atoms with Crippen LogP contribution in [-0.4, -0.2) is 22.3 Å². The van der Waals surface area contributed by atoms with Crippen molar-refractivity contribution < 1.29 is 40.8 Å². The fourth-order valence-electron chi connectivity index (χ4n) is 15.9. The zero-order chi connectivity index (χ0) is 47.8. The quantitative estimate of drug-likeness (QED) is 0.114. The molecule has 8 aliphatic carbocycles. The van der Waals surface area contributed by atoms with E-state index in [-0.39, 0.29) is 62.4 Å². The molecule has 8 bridgehead atoms. The van der Waals surface area contributed by atoms with Crippen LogP contribution in [0, 0.1) is 50.4 Å². The van der Waals surface area contributed by atoms with Crippen molar-refractivity contribution in [3.8, 4) is 62.0 Å². The third-order valence-electron chi connectivity index (χ3n) is 18.8. The van der Waals surface area contributed by atoms with Gasteiger partial charge >= 0.3 is 0 Å². The summed E-state index contributed by atoms with van der Waals surface area (Å²) in [5.74, 6) is 6.83. The minimum Gasteiger partial charge on any atom is -0.507 e.